The molecule has 2 bridgehead atoms. The Labute approximate surface area is 212 Å². The summed E-state index contributed by atoms with van der Waals surface area (Å²) in [6.07, 6.45) is 8.16. The minimum absolute atomic E-state index is 0.130. The van der Waals surface area contributed by atoms with E-state index in [4.69, 9.17) is 15.2 Å². The zero-order chi connectivity index (χ0) is 26.5. The van der Waals surface area contributed by atoms with Crippen LogP contribution in [0.25, 0.3) is 6.20 Å². The van der Waals surface area contributed by atoms with Crippen LogP contribution in [0.4, 0.5) is 4.79 Å². The number of rotatable bonds is 8. The van der Waals surface area contributed by atoms with Gasteiger partial charge in [0.25, 0.3) is 5.91 Å². The molecule has 5 atom stereocenters. The zero-order valence-corrected chi connectivity index (χ0v) is 22.1. The monoisotopic (exact) mass is 501 g/mol. The predicted octanol–water partition coefficient (Wildman–Crippen LogP) is 3.08. The minimum Gasteiger partial charge on any atom is -0.474 e. The predicted molar refractivity (Wildman–Crippen MR) is 134 cm³/mol. The molecular formula is C26H39N5O5. The van der Waals surface area contributed by atoms with E-state index < -0.39 is 17.1 Å². The molecule has 198 valence electrons. The van der Waals surface area contributed by atoms with Gasteiger partial charge in [0.15, 0.2) is 0 Å². The van der Waals surface area contributed by atoms with Crippen molar-refractivity contribution in [1.29, 1.82) is 0 Å². The van der Waals surface area contributed by atoms with Crippen LogP contribution in [0.5, 0.6) is 5.88 Å². The van der Waals surface area contributed by atoms with Gasteiger partial charge >= 0.3 is 6.09 Å². The van der Waals surface area contributed by atoms with Gasteiger partial charge in [0.2, 0.25) is 11.8 Å². The molecule has 3 amide bonds. The van der Waals surface area contributed by atoms with Gasteiger partial charge in [-0.25, -0.2) is 9.48 Å². The van der Waals surface area contributed by atoms with Gasteiger partial charge in [-0.2, -0.15) is 5.10 Å². The first-order valence-electron chi connectivity index (χ1n) is 12.8. The number of ether oxygens (including phenoxy) is 2. The molecule has 3 aliphatic carbocycles. The van der Waals surface area contributed by atoms with Crippen LogP contribution < -0.4 is 21.1 Å². The first-order chi connectivity index (χ1) is 16.8. The van der Waals surface area contributed by atoms with Crippen molar-refractivity contribution in [3.8, 4) is 5.88 Å². The van der Waals surface area contributed by atoms with Crippen molar-refractivity contribution in [2.24, 2.45) is 28.4 Å². The van der Waals surface area contributed by atoms with Crippen molar-refractivity contribution in [1.82, 2.24) is 20.4 Å². The van der Waals surface area contributed by atoms with E-state index >= 15 is 0 Å². The Balaban J connectivity index is 1.58. The number of carbonyl (C=O) groups is 3. The molecule has 0 saturated heterocycles. The maximum Gasteiger partial charge on any atom is 0.405 e. The summed E-state index contributed by atoms with van der Waals surface area (Å²) in [4.78, 5) is 37.4. The molecular weight excluding hydrogens is 462 g/mol. The molecule has 0 aliphatic heterocycles. The Kier molecular flexibility index (Phi) is 6.59. The third kappa shape index (κ3) is 4.35. The van der Waals surface area contributed by atoms with Crippen LogP contribution >= 0.6 is 0 Å². The highest BCUT2D eigenvalue weighted by atomic mass is 16.6. The Morgan fingerprint density at radius 2 is 1.97 bits per heavy atom. The summed E-state index contributed by atoms with van der Waals surface area (Å²) >= 11 is 0. The van der Waals surface area contributed by atoms with Crippen molar-refractivity contribution in [2.75, 3.05) is 7.05 Å². The molecule has 0 radical (unpaired) electrons. The fourth-order valence-corrected chi connectivity index (χ4v) is 6.85. The van der Waals surface area contributed by atoms with Gasteiger partial charge in [-0.3, -0.25) is 9.59 Å². The Morgan fingerprint density at radius 3 is 2.61 bits per heavy atom. The van der Waals surface area contributed by atoms with Crippen molar-refractivity contribution < 1.29 is 23.9 Å². The van der Waals surface area contributed by atoms with Gasteiger partial charge in [0, 0.05) is 31.1 Å². The molecule has 4 N–H and O–H groups in total. The maximum absolute atomic E-state index is 13.5. The number of hydrogen-bond acceptors (Lipinski definition) is 6. The number of carbonyl (C=O) groups excluding carboxylic acids is 3. The minimum atomic E-state index is -0.774. The number of fused-ring (bicyclic) bond motifs is 1. The van der Waals surface area contributed by atoms with E-state index in [0.717, 1.165) is 25.7 Å². The molecule has 10 nitrogen and oxygen atoms in total. The van der Waals surface area contributed by atoms with Crippen LogP contribution in [0.2, 0.25) is 0 Å². The van der Waals surface area contributed by atoms with Crippen LogP contribution in [-0.2, 0) is 9.53 Å². The third-order valence-corrected chi connectivity index (χ3v) is 8.22. The summed E-state index contributed by atoms with van der Waals surface area (Å²) in [6, 6.07) is -0.130. The van der Waals surface area contributed by atoms with E-state index in [1.165, 1.54) is 10.9 Å². The second-order valence-corrected chi connectivity index (χ2v) is 11.7. The number of nitrogens with zero attached hydrogens (tertiary/aromatic N) is 2. The van der Waals surface area contributed by atoms with E-state index in [0.29, 0.717) is 29.7 Å². The normalized spacial score (nSPS) is 31.0. The van der Waals surface area contributed by atoms with E-state index in [1.807, 2.05) is 13.8 Å². The van der Waals surface area contributed by atoms with Gasteiger partial charge in [-0.05, 0) is 65.2 Å². The quantitative estimate of drug-likeness (QED) is 0.501. The molecule has 0 aromatic carbocycles. The second kappa shape index (κ2) is 9.12. The summed E-state index contributed by atoms with van der Waals surface area (Å²) < 4.78 is 13.2. The Bertz CT molecular complexity index is 1080. The van der Waals surface area contributed by atoms with Crippen molar-refractivity contribution in [3.63, 3.8) is 0 Å². The van der Waals surface area contributed by atoms with Crippen LogP contribution in [0.15, 0.2) is 12.3 Å². The molecule has 1 aromatic rings. The molecule has 10 heteroatoms. The van der Waals surface area contributed by atoms with Crippen molar-refractivity contribution in [2.45, 2.75) is 84.5 Å². The molecule has 1 spiro atoms. The average molecular weight is 502 g/mol. The molecule has 3 aliphatic rings. The number of nitrogens with two attached hydrogens (primary N) is 1. The van der Waals surface area contributed by atoms with Gasteiger partial charge < -0.3 is 25.8 Å². The highest BCUT2D eigenvalue weighted by Crippen LogP contribution is 2.70. The molecule has 1 heterocycles. The summed E-state index contributed by atoms with van der Waals surface area (Å²) in [6.45, 7) is 9.55. The van der Waals surface area contributed by atoms with E-state index in [-0.39, 0.29) is 29.4 Å². The van der Waals surface area contributed by atoms with Crippen molar-refractivity contribution in [3.05, 3.63) is 17.8 Å². The molecule has 3 saturated carbocycles. The Hall–Kier alpha value is -3.04. The number of primary amides is 1. The number of amides is 3. The standard InChI is InChI=1S/C26H39N5O5/c1-15(2)35-21-18(14-29-31(21)8-7-24(4,5)22(33)28-6)20(32)30-19-13-26(36-23(27)34)12-17-9-16(3)10-25(19,26)11-17/h7-8,14-17,19H,9-13H2,1-6H3,(H2,27,34)(H,28,33)(H,30,32)/b8-7+/t16?,17?,19?,25?,26-/m0/s1. The Morgan fingerprint density at radius 1 is 1.25 bits per heavy atom. The smallest absolute Gasteiger partial charge is 0.405 e. The lowest BCUT2D eigenvalue weighted by atomic mass is 9.51. The summed E-state index contributed by atoms with van der Waals surface area (Å²) in [5.41, 5.74) is 4.10. The van der Waals surface area contributed by atoms with E-state index in [2.05, 4.69) is 22.7 Å². The largest absolute Gasteiger partial charge is 0.474 e. The fraction of sp³-hybridized carbons (Fsp3) is 0.692. The molecule has 3 fully saturated rings. The third-order valence-electron chi connectivity index (χ3n) is 8.22. The van der Waals surface area contributed by atoms with Crippen molar-refractivity contribution >= 4 is 24.1 Å². The topological polar surface area (TPSA) is 138 Å². The first kappa shape index (κ1) is 26.0. The lowest BCUT2D eigenvalue weighted by Gasteiger charge is -2.60. The maximum atomic E-state index is 13.5. The fourth-order valence-electron chi connectivity index (χ4n) is 6.85. The summed E-state index contributed by atoms with van der Waals surface area (Å²) in [7, 11) is 1.59. The SMILES string of the molecule is CNC(=O)C(C)(C)/C=C/n1ncc(C(=O)NC2C[C@@]3(OC(N)=O)CC4CC(C)CC23C4)c1OC(C)C. The van der Waals surface area contributed by atoms with Crippen LogP contribution in [-0.4, -0.2) is 52.5 Å². The first-order valence-corrected chi connectivity index (χ1v) is 12.8. The zero-order valence-electron chi connectivity index (χ0n) is 22.1. The molecule has 4 rings (SSSR count). The van der Waals surface area contributed by atoms with Crippen LogP contribution in [0.3, 0.4) is 0 Å². The molecule has 36 heavy (non-hydrogen) atoms. The van der Waals surface area contributed by atoms with E-state index in [1.54, 1.807) is 33.2 Å². The lowest BCUT2D eigenvalue weighted by molar-refractivity contribution is -0.174. The lowest BCUT2D eigenvalue weighted by Crippen LogP contribution is -2.71. The van der Waals surface area contributed by atoms with Gasteiger partial charge in [0.05, 0.1) is 17.7 Å². The second-order valence-electron chi connectivity index (χ2n) is 11.7. The highest BCUT2D eigenvalue weighted by molar-refractivity contribution is 5.97. The molecule has 1 aromatic heterocycles. The van der Waals surface area contributed by atoms with Gasteiger partial charge in [-0.15, -0.1) is 0 Å². The highest BCUT2D eigenvalue weighted by Gasteiger charge is 2.74. The van der Waals surface area contributed by atoms with Gasteiger partial charge in [0.1, 0.15) is 11.2 Å². The van der Waals surface area contributed by atoms with Crippen LogP contribution in [0.1, 0.15) is 77.1 Å². The number of aromatic nitrogens is 2. The average Bonchev–Trinajstić information content (AvgIpc) is 3.24. The van der Waals surface area contributed by atoms with E-state index in [9.17, 15) is 14.4 Å². The summed E-state index contributed by atoms with van der Waals surface area (Å²) in [5.74, 6) is 0.830. The number of nitrogens with one attached hydrogen (secondary N) is 2. The summed E-state index contributed by atoms with van der Waals surface area (Å²) in [5, 5.41) is 10.2. The van der Waals surface area contributed by atoms with Crippen LogP contribution in [0, 0.1) is 22.7 Å². The molecule has 4 unspecified atom stereocenters. The van der Waals surface area contributed by atoms with Gasteiger partial charge in [-0.1, -0.05) is 13.0 Å². The number of hydrogen-bond donors (Lipinski definition) is 3.